The van der Waals surface area contributed by atoms with Gasteiger partial charge in [-0.25, -0.2) is 4.98 Å². The maximum absolute atomic E-state index is 13.0. The number of amides is 1. The minimum absolute atomic E-state index is 0.0124. The van der Waals surface area contributed by atoms with Gasteiger partial charge in [0.15, 0.2) is 5.66 Å². The van der Waals surface area contributed by atoms with Crippen molar-refractivity contribution in [3.8, 4) is 23.6 Å². The van der Waals surface area contributed by atoms with Crippen LogP contribution in [-0.2, 0) is 9.53 Å². The van der Waals surface area contributed by atoms with E-state index in [2.05, 4.69) is 31.1 Å². The Balaban J connectivity index is 1.45. The highest BCUT2D eigenvalue weighted by Crippen LogP contribution is 2.39. The van der Waals surface area contributed by atoms with E-state index < -0.39 is 5.66 Å². The Hall–Kier alpha value is -3.05. The molecular weight excluding hydrogens is 368 g/mol. The largest absolute Gasteiger partial charge is 0.380 e. The van der Waals surface area contributed by atoms with Crippen LogP contribution in [0.4, 0.5) is 0 Å². The van der Waals surface area contributed by atoms with Gasteiger partial charge in [0, 0.05) is 63.7 Å². The number of hydrogen-bond donors (Lipinski definition) is 1. The van der Waals surface area contributed by atoms with E-state index in [9.17, 15) is 4.79 Å². The second-order valence-corrected chi connectivity index (χ2v) is 7.47. The lowest BCUT2D eigenvalue weighted by molar-refractivity contribution is -0.132. The van der Waals surface area contributed by atoms with Gasteiger partial charge in [0.05, 0.1) is 24.0 Å². The maximum atomic E-state index is 13.0. The van der Waals surface area contributed by atoms with E-state index in [4.69, 9.17) is 11.2 Å². The van der Waals surface area contributed by atoms with E-state index in [1.54, 1.807) is 25.7 Å². The molecule has 1 amide bonds. The molecular formula is C21H24N6O2. The van der Waals surface area contributed by atoms with E-state index >= 15 is 0 Å². The fraction of sp³-hybridized carbons (Fsp3) is 0.476. The number of ether oxygens (including phenoxy) is 1. The van der Waals surface area contributed by atoms with Gasteiger partial charge in [-0.05, 0) is 12.1 Å². The predicted molar refractivity (Wildman–Crippen MR) is 107 cm³/mol. The average molecular weight is 392 g/mol. The first-order valence-corrected chi connectivity index (χ1v) is 9.79. The molecule has 1 saturated heterocycles. The fourth-order valence-electron chi connectivity index (χ4n) is 3.80. The van der Waals surface area contributed by atoms with E-state index in [1.165, 1.54) is 0 Å². The van der Waals surface area contributed by atoms with Crippen LogP contribution in [0.25, 0.3) is 11.3 Å². The number of nitrogens with one attached hydrogen (secondary N) is 1. The number of likely N-dealkylation sites (tertiary alicyclic amines) is 1. The minimum Gasteiger partial charge on any atom is -0.380 e. The number of methoxy groups -OCH3 is 1. The van der Waals surface area contributed by atoms with Crippen molar-refractivity contribution in [2.24, 2.45) is 10.2 Å². The molecule has 4 heterocycles. The van der Waals surface area contributed by atoms with Crippen molar-refractivity contribution in [1.82, 2.24) is 19.9 Å². The molecule has 0 aromatic carbocycles. The molecule has 4 rings (SSSR count). The molecule has 2 aromatic heterocycles. The summed E-state index contributed by atoms with van der Waals surface area (Å²) in [6.45, 7) is 0.550. The molecule has 0 spiro atoms. The van der Waals surface area contributed by atoms with Crippen LogP contribution < -0.4 is 0 Å². The van der Waals surface area contributed by atoms with Gasteiger partial charge >= 0.3 is 0 Å². The summed E-state index contributed by atoms with van der Waals surface area (Å²) in [6, 6.07) is 3.71. The van der Waals surface area contributed by atoms with E-state index in [1.807, 2.05) is 17.0 Å². The van der Waals surface area contributed by atoms with Crippen LogP contribution in [-0.4, -0.2) is 51.2 Å². The highest BCUT2D eigenvalue weighted by Gasteiger charge is 2.42. The third kappa shape index (κ3) is 4.20. The summed E-state index contributed by atoms with van der Waals surface area (Å²) in [7, 11) is 1.68. The number of terminal acetylenes is 1. The zero-order valence-electron chi connectivity index (χ0n) is 16.4. The predicted octanol–water partition coefficient (Wildman–Crippen LogP) is 3.12. The quantitative estimate of drug-likeness (QED) is 0.698. The molecule has 2 aromatic rings. The molecule has 8 heteroatoms. The Kier molecular flexibility index (Phi) is 5.41. The summed E-state index contributed by atoms with van der Waals surface area (Å²) in [5.41, 5.74) is 1.39. The number of nitrogens with zero attached hydrogens (tertiary/aromatic N) is 5. The smallest absolute Gasteiger partial charge is 0.223 e. The Morgan fingerprint density at radius 1 is 1.41 bits per heavy atom. The third-order valence-corrected chi connectivity index (χ3v) is 5.59. The van der Waals surface area contributed by atoms with Gasteiger partial charge in [0.2, 0.25) is 5.91 Å². The van der Waals surface area contributed by atoms with Gasteiger partial charge in [0.25, 0.3) is 0 Å². The molecule has 2 aliphatic rings. The number of H-pyrrole nitrogens is 1. The summed E-state index contributed by atoms with van der Waals surface area (Å²) in [5.74, 6) is 3.44. The molecule has 29 heavy (non-hydrogen) atoms. The van der Waals surface area contributed by atoms with Crippen molar-refractivity contribution in [3.05, 3.63) is 36.5 Å². The van der Waals surface area contributed by atoms with Crippen molar-refractivity contribution >= 4 is 5.91 Å². The van der Waals surface area contributed by atoms with Crippen LogP contribution in [0.2, 0.25) is 0 Å². The summed E-state index contributed by atoms with van der Waals surface area (Å²) in [5, 5.41) is 8.25. The lowest BCUT2D eigenvalue weighted by Crippen LogP contribution is -2.33. The van der Waals surface area contributed by atoms with Crippen molar-refractivity contribution in [2.75, 3.05) is 13.7 Å². The van der Waals surface area contributed by atoms with E-state index in [0.717, 1.165) is 17.1 Å². The first-order chi connectivity index (χ1) is 14.1. The summed E-state index contributed by atoms with van der Waals surface area (Å²) in [4.78, 5) is 26.9. The molecule has 150 valence electrons. The fourth-order valence-corrected chi connectivity index (χ4v) is 3.80. The Labute approximate surface area is 169 Å². The Morgan fingerprint density at radius 2 is 2.28 bits per heavy atom. The summed E-state index contributed by atoms with van der Waals surface area (Å²) < 4.78 is 5.54. The zero-order valence-corrected chi connectivity index (χ0v) is 16.4. The van der Waals surface area contributed by atoms with Gasteiger partial charge in [0.1, 0.15) is 5.82 Å². The Morgan fingerprint density at radius 3 is 2.97 bits per heavy atom. The molecule has 2 unspecified atom stereocenters. The van der Waals surface area contributed by atoms with Gasteiger partial charge in [-0.1, -0.05) is 0 Å². The molecule has 1 fully saturated rings. The number of pyridine rings is 1. The molecule has 0 aliphatic carbocycles. The summed E-state index contributed by atoms with van der Waals surface area (Å²) >= 11 is 0. The molecule has 0 bridgehead atoms. The molecule has 0 radical (unpaired) electrons. The van der Waals surface area contributed by atoms with E-state index in [0.29, 0.717) is 38.6 Å². The number of hydrogen-bond acceptors (Lipinski definition) is 6. The average Bonchev–Trinajstić information content (AvgIpc) is 3.17. The molecule has 8 nitrogen and oxygen atoms in total. The molecule has 0 saturated carbocycles. The molecule has 2 atom stereocenters. The van der Waals surface area contributed by atoms with Crippen molar-refractivity contribution in [3.63, 3.8) is 0 Å². The first-order valence-electron chi connectivity index (χ1n) is 9.79. The molecule has 2 aliphatic heterocycles. The van der Waals surface area contributed by atoms with Crippen LogP contribution in [0.1, 0.15) is 44.0 Å². The monoisotopic (exact) mass is 392 g/mol. The zero-order chi connectivity index (χ0) is 20.3. The van der Waals surface area contributed by atoms with Crippen LogP contribution in [0.3, 0.4) is 0 Å². The SMILES string of the molecule is C#CCCC1(CCC(=O)N2CC(OC)CC2c2ncc(-c3cccnc3)[nH]2)N=N1. The normalized spacial score (nSPS) is 21.9. The summed E-state index contributed by atoms with van der Waals surface area (Å²) in [6.07, 6.45) is 13.6. The van der Waals surface area contributed by atoms with Gasteiger partial charge in [-0.15, -0.1) is 12.3 Å². The van der Waals surface area contributed by atoms with Gasteiger partial charge in [-0.3, -0.25) is 9.78 Å². The second-order valence-electron chi connectivity index (χ2n) is 7.47. The highest BCUT2D eigenvalue weighted by molar-refractivity contribution is 5.77. The van der Waals surface area contributed by atoms with Crippen LogP contribution >= 0.6 is 0 Å². The lowest BCUT2D eigenvalue weighted by atomic mass is 10.0. The number of carbonyl (C=O) groups is 1. The highest BCUT2D eigenvalue weighted by atomic mass is 16.5. The molecule has 1 N–H and O–H groups in total. The third-order valence-electron chi connectivity index (χ3n) is 5.59. The van der Waals surface area contributed by atoms with Crippen molar-refractivity contribution in [2.45, 2.75) is 49.9 Å². The van der Waals surface area contributed by atoms with Crippen molar-refractivity contribution in [1.29, 1.82) is 0 Å². The number of aromatic nitrogens is 3. The van der Waals surface area contributed by atoms with Crippen LogP contribution in [0, 0.1) is 12.3 Å². The van der Waals surface area contributed by atoms with Crippen LogP contribution in [0.5, 0.6) is 0 Å². The number of rotatable bonds is 8. The topological polar surface area (TPSA) is 95.8 Å². The van der Waals surface area contributed by atoms with Crippen LogP contribution in [0.15, 0.2) is 41.0 Å². The number of imidazole rings is 1. The number of carbonyl (C=O) groups excluding carboxylic acids is 1. The minimum atomic E-state index is -0.448. The van der Waals surface area contributed by atoms with E-state index in [-0.39, 0.29) is 18.1 Å². The Bertz CT molecular complexity index is 926. The number of aromatic amines is 1. The van der Waals surface area contributed by atoms with Crippen molar-refractivity contribution < 1.29 is 9.53 Å². The second kappa shape index (κ2) is 8.13. The maximum Gasteiger partial charge on any atom is 0.223 e. The standard InChI is InChI=1S/C21H24N6O2/c1-3-4-8-21(25-26-21)9-7-19(28)27-14-16(29-2)11-18(27)20-23-13-17(24-20)15-6-5-10-22-12-15/h1,5-6,10,12-13,16,18H,4,7-9,11,14H2,2H3,(H,23,24). The van der Waals surface area contributed by atoms with Gasteiger partial charge < -0.3 is 14.6 Å². The van der Waals surface area contributed by atoms with Gasteiger partial charge in [-0.2, -0.15) is 10.2 Å². The lowest BCUT2D eigenvalue weighted by Gasteiger charge is -2.23. The first kappa shape index (κ1) is 19.3.